The Bertz CT molecular complexity index is 979. The molecule has 2 heterocycles. The SMILES string of the molecule is O=C1[C@@H]2C[C@H](Cl)[C@H](SS[C@@H]3C[C@H]4C(=O)N(SC(Cl)(Cl)C(Cl)Cl)C(=O)[C@@H]4C[C@@H]3Cl)C[C@H]2C(=O)N1SC(Cl)(Cl)C(Cl)Cl. The number of carbonyl (C=O) groups is 4. The molecule has 0 aromatic rings. The van der Waals surface area contributed by atoms with E-state index < -0.39 is 75.1 Å². The third kappa shape index (κ3) is 7.26. The summed E-state index contributed by atoms with van der Waals surface area (Å²) in [5.74, 6) is -4.10. The molecule has 40 heavy (non-hydrogen) atoms. The number of amides is 4. The van der Waals surface area contributed by atoms with Gasteiger partial charge in [0.1, 0.15) is 0 Å². The molecule has 4 amide bonds. The first-order chi connectivity index (χ1) is 18.5. The molecule has 0 unspecified atom stereocenters. The second-order valence-electron chi connectivity index (χ2n) is 9.52. The van der Waals surface area contributed by atoms with Gasteiger partial charge in [0.25, 0.3) is 0 Å². The molecule has 20 heteroatoms. The van der Waals surface area contributed by atoms with E-state index in [0.29, 0.717) is 36.7 Å². The first-order valence-electron chi connectivity index (χ1n) is 11.5. The molecule has 0 aromatic carbocycles. The van der Waals surface area contributed by atoms with Crippen LogP contribution < -0.4 is 0 Å². The second-order valence-corrected chi connectivity index (χ2v) is 21.6. The zero-order valence-electron chi connectivity index (χ0n) is 19.5. The van der Waals surface area contributed by atoms with Crippen molar-refractivity contribution in [2.75, 3.05) is 0 Å². The lowest BCUT2D eigenvalue weighted by molar-refractivity contribution is -0.134. The van der Waals surface area contributed by atoms with Crippen LogP contribution in [0.3, 0.4) is 0 Å². The van der Waals surface area contributed by atoms with Crippen molar-refractivity contribution in [3.8, 4) is 0 Å². The highest BCUT2D eigenvalue weighted by Gasteiger charge is 2.57. The normalized spacial score (nSPS) is 35.3. The monoisotopic (exact) mass is 828 g/mol. The lowest BCUT2D eigenvalue weighted by Gasteiger charge is -2.35. The summed E-state index contributed by atoms with van der Waals surface area (Å²) in [6, 6.07) is 0. The van der Waals surface area contributed by atoms with Gasteiger partial charge in [-0.15, -0.1) is 69.6 Å². The van der Waals surface area contributed by atoms with Gasteiger partial charge in [0, 0.05) is 45.1 Å². The lowest BCUT2D eigenvalue weighted by atomic mass is 9.80. The van der Waals surface area contributed by atoms with E-state index in [1.165, 1.54) is 21.6 Å². The first kappa shape index (κ1) is 35.4. The number of halogens is 10. The number of fused-ring (bicyclic) bond motifs is 2. The van der Waals surface area contributed by atoms with E-state index in [-0.39, 0.29) is 23.3 Å². The van der Waals surface area contributed by atoms with Crippen molar-refractivity contribution in [1.82, 2.24) is 8.61 Å². The second kappa shape index (κ2) is 13.7. The van der Waals surface area contributed by atoms with Gasteiger partial charge in [-0.2, -0.15) is 0 Å². The van der Waals surface area contributed by atoms with Crippen LogP contribution in [-0.2, 0) is 19.2 Å². The fourth-order valence-electron chi connectivity index (χ4n) is 5.00. The average Bonchev–Trinajstić information content (AvgIpc) is 3.21. The lowest BCUT2D eigenvalue weighted by Crippen LogP contribution is -2.37. The number of hydrogen-bond acceptors (Lipinski definition) is 8. The van der Waals surface area contributed by atoms with Crippen LogP contribution in [0.2, 0.25) is 0 Å². The van der Waals surface area contributed by atoms with Crippen LogP contribution in [0, 0.1) is 23.7 Å². The van der Waals surface area contributed by atoms with E-state index in [0.717, 1.165) is 8.61 Å². The molecular weight excluding hydrogens is 815 g/mol. The van der Waals surface area contributed by atoms with Crippen LogP contribution in [-0.4, -0.2) is 70.5 Å². The van der Waals surface area contributed by atoms with Crippen LogP contribution in [0.1, 0.15) is 25.7 Å². The Kier molecular flexibility index (Phi) is 12.2. The quantitative estimate of drug-likeness (QED) is 0.0996. The van der Waals surface area contributed by atoms with E-state index in [2.05, 4.69) is 0 Å². The van der Waals surface area contributed by atoms with Gasteiger partial charge >= 0.3 is 0 Å². The molecule has 2 saturated heterocycles. The maximum Gasteiger partial charge on any atom is 0.243 e. The molecule has 0 spiro atoms. The standard InChI is InChI=1S/C20H18Cl10N2O4S4/c21-9-1-5-7(15(35)31(13(5)33)39-19(27,28)17(23)24)3-11(9)37-38-12-4-8-6(2-10(12)22)14(34)32(16(8)36)40-20(29,30)18(25)26/h5-12,17-18H,1-4H2/t5-,6-,7-,8-,9+,10+,11-,12-/m1/s1. The van der Waals surface area contributed by atoms with E-state index in [1.807, 2.05) is 0 Å². The minimum Gasteiger partial charge on any atom is -0.273 e. The van der Waals surface area contributed by atoms with Crippen LogP contribution in [0.4, 0.5) is 0 Å². The summed E-state index contributed by atoms with van der Waals surface area (Å²) in [5.41, 5.74) is 0. The summed E-state index contributed by atoms with van der Waals surface area (Å²) in [7, 11) is 2.93. The van der Waals surface area contributed by atoms with Crippen LogP contribution in [0.15, 0.2) is 0 Å². The predicted molar refractivity (Wildman–Crippen MR) is 173 cm³/mol. The Morgan fingerprint density at radius 2 is 0.850 bits per heavy atom. The van der Waals surface area contributed by atoms with Crippen LogP contribution in [0.5, 0.6) is 0 Å². The van der Waals surface area contributed by atoms with Gasteiger partial charge in [-0.05, 0) is 25.7 Å². The Labute approximate surface area is 297 Å². The summed E-state index contributed by atoms with van der Waals surface area (Å²) in [6.07, 6.45) is 1.27. The van der Waals surface area contributed by atoms with Gasteiger partial charge in [-0.3, -0.25) is 19.2 Å². The predicted octanol–water partition coefficient (Wildman–Crippen LogP) is 8.28. The topological polar surface area (TPSA) is 74.8 Å². The summed E-state index contributed by atoms with van der Waals surface area (Å²) < 4.78 is -1.71. The first-order valence-corrected chi connectivity index (χ1v) is 19.5. The van der Waals surface area contributed by atoms with E-state index in [9.17, 15) is 19.2 Å². The Morgan fingerprint density at radius 3 is 1.12 bits per heavy atom. The van der Waals surface area contributed by atoms with Crippen molar-refractivity contribution in [3.63, 3.8) is 0 Å². The van der Waals surface area contributed by atoms with Gasteiger partial charge in [-0.25, -0.2) is 8.61 Å². The molecule has 4 fully saturated rings. The number of rotatable bonds is 9. The van der Waals surface area contributed by atoms with Crippen molar-refractivity contribution in [2.45, 2.75) is 63.9 Å². The van der Waals surface area contributed by atoms with Gasteiger partial charge in [0.15, 0.2) is 9.67 Å². The van der Waals surface area contributed by atoms with Crippen molar-refractivity contribution in [1.29, 1.82) is 0 Å². The number of nitrogens with zero attached hydrogens (tertiary/aromatic N) is 2. The van der Waals surface area contributed by atoms with Crippen LogP contribution in [0.25, 0.3) is 0 Å². The number of alkyl halides is 10. The maximum absolute atomic E-state index is 13.1. The molecule has 6 nitrogen and oxygen atoms in total. The van der Waals surface area contributed by atoms with Gasteiger partial charge in [-0.1, -0.05) is 68.0 Å². The van der Waals surface area contributed by atoms with Crippen molar-refractivity contribution in [2.24, 2.45) is 23.7 Å². The maximum atomic E-state index is 13.1. The highest BCUT2D eigenvalue weighted by Crippen LogP contribution is 2.55. The molecule has 2 aliphatic heterocycles. The molecule has 0 bridgehead atoms. The fourth-order valence-corrected chi connectivity index (χ4v) is 12.6. The van der Waals surface area contributed by atoms with Gasteiger partial charge in [0.05, 0.1) is 23.7 Å². The number of imide groups is 2. The third-order valence-corrected chi connectivity index (χ3v) is 18.2. The molecule has 2 saturated carbocycles. The molecule has 0 N–H and O–H groups in total. The summed E-state index contributed by atoms with van der Waals surface area (Å²) in [4.78, 5) is 49.7. The third-order valence-electron chi connectivity index (χ3n) is 7.02. The fraction of sp³-hybridized carbons (Fsp3) is 0.800. The minimum atomic E-state index is -1.79. The van der Waals surface area contributed by atoms with E-state index in [1.54, 1.807) is 0 Å². The van der Waals surface area contributed by atoms with Gasteiger partial charge in [0.2, 0.25) is 31.0 Å². The highest BCUT2D eigenvalue weighted by molar-refractivity contribution is 8.77. The molecule has 0 aromatic heterocycles. The van der Waals surface area contributed by atoms with Crippen molar-refractivity contribution >= 4 is 185 Å². The Morgan fingerprint density at radius 1 is 0.575 bits per heavy atom. The Hall–Kier alpha value is 2.58. The molecule has 0 radical (unpaired) electrons. The zero-order valence-corrected chi connectivity index (χ0v) is 30.4. The molecule has 4 aliphatic rings. The largest absolute Gasteiger partial charge is 0.273 e. The van der Waals surface area contributed by atoms with E-state index >= 15 is 0 Å². The van der Waals surface area contributed by atoms with Crippen molar-refractivity contribution < 1.29 is 19.2 Å². The summed E-state index contributed by atoms with van der Waals surface area (Å²) >= 11 is 62.1. The highest BCUT2D eigenvalue weighted by atomic mass is 35.6. The molecule has 4 rings (SSSR count). The summed E-state index contributed by atoms with van der Waals surface area (Å²) in [5, 5.41) is -1.19. The number of hydrogen-bond donors (Lipinski definition) is 0. The Balaban J connectivity index is 1.38. The summed E-state index contributed by atoms with van der Waals surface area (Å²) in [6.45, 7) is 0. The minimum absolute atomic E-state index is 0.188. The molecule has 8 atom stereocenters. The zero-order chi connectivity index (χ0) is 29.9. The van der Waals surface area contributed by atoms with Crippen LogP contribution >= 0.6 is 161 Å². The van der Waals surface area contributed by atoms with Gasteiger partial charge < -0.3 is 0 Å². The van der Waals surface area contributed by atoms with Crippen molar-refractivity contribution in [3.05, 3.63) is 0 Å². The smallest absolute Gasteiger partial charge is 0.243 e. The number of carbonyl (C=O) groups excluding carboxylic acids is 4. The molecule has 226 valence electrons. The average molecular weight is 833 g/mol. The molecular formula is C20H18Cl10N2O4S4. The molecule has 2 aliphatic carbocycles. The van der Waals surface area contributed by atoms with E-state index in [4.69, 9.17) is 116 Å².